The zero-order valence-corrected chi connectivity index (χ0v) is 9.00. The van der Waals surface area contributed by atoms with Crippen LogP contribution in [0.3, 0.4) is 0 Å². The fraction of sp³-hybridized carbons (Fsp3) is 0.111. The van der Waals surface area contributed by atoms with Gasteiger partial charge in [-0.05, 0) is 18.2 Å². The third-order valence-electron chi connectivity index (χ3n) is 1.65. The van der Waals surface area contributed by atoms with Crippen molar-refractivity contribution >= 4 is 27.8 Å². The van der Waals surface area contributed by atoms with Gasteiger partial charge < -0.3 is 10.5 Å². The highest BCUT2D eigenvalue weighted by atomic mass is 79.9. The van der Waals surface area contributed by atoms with Gasteiger partial charge in [-0.3, -0.25) is 4.79 Å². The molecule has 0 aromatic heterocycles. The van der Waals surface area contributed by atoms with Crippen molar-refractivity contribution in [2.75, 3.05) is 7.11 Å². The molecular formula is C9H8BrNO3. The molecule has 0 heterocycles. The number of carbonyl (C=O) groups is 2. The molecule has 1 aromatic carbocycles. The molecule has 74 valence electrons. The number of benzene rings is 1. The van der Waals surface area contributed by atoms with Crippen molar-refractivity contribution in [2.24, 2.45) is 5.73 Å². The second kappa shape index (κ2) is 4.23. The van der Waals surface area contributed by atoms with Crippen molar-refractivity contribution in [3.05, 3.63) is 33.8 Å². The first-order valence-electron chi connectivity index (χ1n) is 3.74. The van der Waals surface area contributed by atoms with E-state index in [1.54, 1.807) is 6.07 Å². The van der Waals surface area contributed by atoms with Crippen molar-refractivity contribution in [2.45, 2.75) is 0 Å². The molecule has 0 saturated carbocycles. The molecule has 0 spiro atoms. The van der Waals surface area contributed by atoms with Crippen LogP contribution in [-0.2, 0) is 4.74 Å². The zero-order chi connectivity index (χ0) is 10.7. The molecule has 2 N–H and O–H groups in total. The number of carbonyl (C=O) groups excluding carboxylic acids is 2. The molecule has 0 saturated heterocycles. The lowest BCUT2D eigenvalue weighted by Crippen LogP contribution is -2.17. The van der Waals surface area contributed by atoms with Gasteiger partial charge in [-0.15, -0.1) is 0 Å². The molecule has 0 aliphatic carbocycles. The molecule has 0 bridgehead atoms. The predicted octanol–water partition coefficient (Wildman–Crippen LogP) is 1.33. The summed E-state index contributed by atoms with van der Waals surface area (Å²) in [6.45, 7) is 0. The van der Waals surface area contributed by atoms with Crippen LogP contribution in [0.5, 0.6) is 0 Å². The Labute approximate surface area is 89.2 Å². The maximum absolute atomic E-state index is 11.2. The quantitative estimate of drug-likeness (QED) is 0.813. The summed E-state index contributed by atoms with van der Waals surface area (Å²) >= 11 is 3.18. The van der Waals surface area contributed by atoms with Crippen LogP contribution in [-0.4, -0.2) is 19.0 Å². The summed E-state index contributed by atoms with van der Waals surface area (Å²) in [5, 5.41) is 0. The Morgan fingerprint density at radius 2 is 2.00 bits per heavy atom. The predicted molar refractivity (Wildman–Crippen MR) is 54.0 cm³/mol. The third kappa shape index (κ3) is 2.11. The highest BCUT2D eigenvalue weighted by Crippen LogP contribution is 2.17. The molecule has 4 nitrogen and oxygen atoms in total. The summed E-state index contributed by atoms with van der Waals surface area (Å²) in [4.78, 5) is 22.2. The Kier molecular flexibility index (Phi) is 3.24. The zero-order valence-electron chi connectivity index (χ0n) is 7.41. The number of primary amides is 1. The van der Waals surface area contributed by atoms with Crippen LogP contribution in [0.25, 0.3) is 0 Å². The van der Waals surface area contributed by atoms with Crippen molar-refractivity contribution in [1.29, 1.82) is 0 Å². The SMILES string of the molecule is COC(=O)c1ccc(Br)cc1C(N)=O. The molecule has 0 aliphatic rings. The van der Waals surface area contributed by atoms with Gasteiger partial charge in [-0.25, -0.2) is 4.79 Å². The number of ether oxygens (including phenoxy) is 1. The van der Waals surface area contributed by atoms with Gasteiger partial charge in [0.05, 0.1) is 18.2 Å². The van der Waals surface area contributed by atoms with Gasteiger partial charge in [0.15, 0.2) is 0 Å². The number of hydrogen-bond donors (Lipinski definition) is 1. The molecule has 0 fully saturated rings. The minimum absolute atomic E-state index is 0.145. The lowest BCUT2D eigenvalue weighted by Gasteiger charge is -2.04. The Hall–Kier alpha value is -1.36. The summed E-state index contributed by atoms with van der Waals surface area (Å²) in [6, 6.07) is 4.60. The number of methoxy groups -OCH3 is 1. The minimum atomic E-state index is -0.660. The number of hydrogen-bond acceptors (Lipinski definition) is 3. The first kappa shape index (κ1) is 10.7. The Morgan fingerprint density at radius 1 is 1.36 bits per heavy atom. The standard InChI is InChI=1S/C9H8BrNO3/c1-14-9(13)6-3-2-5(10)4-7(6)8(11)12/h2-4H,1H3,(H2,11,12). The molecule has 0 radical (unpaired) electrons. The van der Waals surface area contributed by atoms with Crippen molar-refractivity contribution < 1.29 is 14.3 Å². The number of rotatable bonds is 2. The minimum Gasteiger partial charge on any atom is -0.465 e. The van der Waals surface area contributed by atoms with E-state index in [1.807, 2.05) is 0 Å². The average Bonchev–Trinajstić information content (AvgIpc) is 2.16. The summed E-state index contributed by atoms with van der Waals surface area (Å²) < 4.78 is 5.18. The first-order valence-corrected chi connectivity index (χ1v) is 4.53. The van der Waals surface area contributed by atoms with Crippen molar-refractivity contribution in [3.8, 4) is 0 Å². The maximum atomic E-state index is 11.2. The van der Waals surface area contributed by atoms with Gasteiger partial charge in [-0.2, -0.15) is 0 Å². The smallest absolute Gasteiger partial charge is 0.338 e. The van der Waals surface area contributed by atoms with E-state index >= 15 is 0 Å². The van der Waals surface area contributed by atoms with Gasteiger partial charge >= 0.3 is 5.97 Å². The van der Waals surface area contributed by atoms with Crippen LogP contribution < -0.4 is 5.73 Å². The molecule has 0 unspecified atom stereocenters. The highest BCUT2D eigenvalue weighted by molar-refractivity contribution is 9.10. The van der Waals surface area contributed by atoms with Crippen LogP contribution in [0, 0.1) is 0 Å². The molecule has 1 amide bonds. The first-order chi connectivity index (χ1) is 6.56. The van der Waals surface area contributed by atoms with Gasteiger partial charge in [0.25, 0.3) is 0 Å². The van der Waals surface area contributed by atoms with Crippen molar-refractivity contribution in [1.82, 2.24) is 0 Å². The monoisotopic (exact) mass is 257 g/mol. The van der Waals surface area contributed by atoms with Gasteiger partial charge in [0.1, 0.15) is 0 Å². The second-order valence-electron chi connectivity index (χ2n) is 2.55. The van der Waals surface area contributed by atoms with E-state index in [0.717, 1.165) is 0 Å². The third-order valence-corrected chi connectivity index (χ3v) is 2.15. The van der Waals surface area contributed by atoms with E-state index in [0.29, 0.717) is 4.47 Å². The van der Waals surface area contributed by atoms with E-state index < -0.39 is 11.9 Å². The molecule has 0 aliphatic heterocycles. The average molecular weight is 258 g/mol. The van der Waals surface area contributed by atoms with Crippen LogP contribution in [0.15, 0.2) is 22.7 Å². The molecular weight excluding hydrogens is 250 g/mol. The van der Waals surface area contributed by atoms with Gasteiger partial charge in [-0.1, -0.05) is 15.9 Å². The topological polar surface area (TPSA) is 69.4 Å². The summed E-state index contributed by atoms with van der Waals surface area (Å²) in [5.74, 6) is -1.24. The Balaban J connectivity index is 3.28. The molecule has 14 heavy (non-hydrogen) atoms. The second-order valence-corrected chi connectivity index (χ2v) is 3.46. The van der Waals surface area contributed by atoms with E-state index in [-0.39, 0.29) is 11.1 Å². The fourth-order valence-electron chi connectivity index (χ4n) is 1.01. The van der Waals surface area contributed by atoms with Gasteiger partial charge in [0, 0.05) is 4.47 Å². The molecule has 1 rings (SSSR count). The summed E-state index contributed by atoms with van der Waals surface area (Å²) in [6.07, 6.45) is 0. The normalized spacial score (nSPS) is 9.57. The summed E-state index contributed by atoms with van der Waals surface area (Å²) in [5.41, 5.74) is 5.42. The van der Waals surface area contributed by atoms with Crippen LogP contribution >= 0.6 is 15.9 Å². The molecule has 5 heteroatoms. The number of nitrogens with two attached hydrogens (primary N) is 1. The van der Waals surface area contributed by atoms with E-state index in [9.17, 15) is 9.59 Å². The van der Waals surface area contributed by atoms with Gasteiger partial charge in [0.2, 0.25) is 5.91 Å². The van der Waals surface area contributed by atoms with Crippen LogP contribution in [0.4, 0.5) is 0 Å². The lowest BCUT2D eigenvalue weighted by atomic mass is 10.1. The van der Waals surface area contributed by atoms with E-state index in [2.05, 4.69) is 20.7 Å². The number of halogens is 1. The molecule has 1 aromatic rings. The largest absolute Gasteiger partial charge is 0.465 e. The van der Waals surface area contributed by atoms with E-state index in [1.165, 1.54) is 19.2 Å². The molecule has 0 atom stereocenters. The summed E-state index contributed by atoms with van der Waals surface area (Å²) in [7, 11) is 1.25. The fourth-order valence-corrected chi connectivity index (χ4v) is 1.37. The Morgan fingerprint density at radius 3 is 2.50 bits per heavy atom. The van der Waals surface area contributed by atoms with Crippen molar-refractivity contribution in [3.63, 3.8) is 0 Å². The number of amides is 1. The van der Waals surface area contributed by atoms with Crippen LogP contribution in [0.1, 0.15) is 20.7 Å². The van der Waals surface area contributed by atoms with E-state index in [4.69, 9.17) is 5.73 Å². The Bertz CT molecular complexity index is 390. The van der Waals surface area contributed by atoms with Crippen LogP contribution in [0.2, 0.25) is 0 Å². The lowest BCUT2D eigenvalue weighted by molar-refractivity contribution is 0.0597. The number of esters is 1. The highest BCUT2D eigenvalue weighted by Gasteiger charge is 2.15. The maximum Gasteiger partial charge on any atom is 0.338 e.